The quantitative estimate of drug-likeness (QED) is 0.732. The number of likely N-dealkylation sites (N-methyl/N-ethyl adjacent to an activating group) is 1. The first kappa shape index (κ1) is 10.4. The van der Waals surface area contributed by atoms with Gasteiger partial charge in [0.15, 0.2) is 0 Å². The molecule has 0 spiro atoms. The molecule has 2 fully saturated rings. The lowest BCUT2D eigenvalue weighted by atomic mass is 9.84. The summed E-state index contributed by atoms with van der Waals surface area (Å²) in [6.07, 6.45) is 4.73. The van der Waals surface area contributed by atoms with Crippen LogP contribution in [0.15, 0.2) is 0 Å². The highest BCUT2D eigenvalue weighted by Crippen LogP contribution is 2.28. The third-order valence-electron chi connectivity index (χ3n) is 3.63. The average molecular weight is 199 g/mol. The zero-order valence-electron chi connectivity index (χ0n) is 8.98. The van der Waals surface area contributed by atoms with E-state index in [4.69, 9.17) is 4.74 Å². The van der Waals surface area contributed by atoms with Crippen LogP contribution in [0, 0.1) is 5.92 Å². The molecule has 2 atom stereocenters. The first-order valence-corrected chi connectivity index (χ1v) is 5.73. The molecule has 82 valence electrons. The summed E-state index contributed by atoms with van der Waals surface area (Å²) in [5.41, 5.74) is 0. The Bertz CT molecular complexity index is 182. The lowest BCUT2D eigenvalue weighted by Gasteiger charge is -2.38. The van der Waals surface area contributed by atoms with Crippen molar-refractivity contribution < 1.29 is 9.84 Å². The Labute approximate surface area is 86.0 Å². The Hall–Kier alpha value is -0.120. The molecule has 2 aliphatic rings. The number of hydrogen-bond acceptors (Lipinski definition) is 3. The standard InChI is InChI=1S/C11H21NO2/c1-12(7-9-3-2-4-9)10-8-14-6-5-11(10)13/h9-11,13H,2-8H2,1H3. The van der Waals surface area contributed by atoms with Crippen LogP contribution in [0.1, 0.15) is 25.7 Å². The fraction of sp³-hybridized carbons (Fsp3) is 1.00. The van der Waals surface area contributed by atoms with Gasteiger partial charge in [0.05, 0.1) is 18.8 Å². The van der Waals surface area contributed by atoms with Crippen LogP contribution in [0.25, 0.3) is 0 Å². The van der Waals surface area contributed by atoms with Crippen LogP contribution in [0.3, 0.4) is 0 Å². The molecule has 1 heterocycles. The van der Waals surface area contributed by atoms with E-state index in [-0.39, 0.29) is 12.1 Å². The third-order valence-corrected chi connectivity index (χ3v) is 3.63. The van der Waals surface area contributed by atoms with Gasteiger partial charge in [-0.15, -0.1) is 0 Å². The number of ether oxygens (including phenoxy) is 1. The molecule has 1 aliphatic carbocycles. The van der Waals surface area contributed by atoms with Gasteiger partial charge in [-0.3, -0.25) is 4.90 Å². The third kappa shape index (κ3) is 2.27. The molecule has 1 N–H and O–H groups in total. The zero-order valence-corrected chi connectivity index (χ0v) is 8.98. The van der Waals surface area contributed by atoms with Crippen LogP contribution >= 0.6 is 0 Å². The second kappa shape index (κ2) is 4.60. The topological polar surface area (TPSA) is 32.7 Å². The van der Waals surface area contributed by atoms with Crippen molar-refractivity contribution in [2.24, 2.45) is 5.92 Å². The summed E-state index contributed by atoms with van der Waals surface area (Å²) in [6.45, 7) is 2.55. The van der Waals surface area contributed by atoms with Gasteiger partial charge in [-0.25, -0.2) is 0 Å². The first-order chi connectivity index (χ1) is 6.77. The minimum absolute atomic E-state index is 0.186. The van der Waals surface area contributed by atoms with Gasteiger partial charge in [-0.1, -0.05) is 6.42 Å². The molecule has 2 unspecified atom stereocenters. The van der Waals surface area contributed by atoms with Crippen molar-refractivity contribution in [3.8, 4) is 0 Å². The minimum atomic E-state index is -0.186. The van der Waals surface area contributed by atoms with Crippen LogP contribution < -0.4 is 0 Å². The molecule has 0 aromatic carbocycles. The van der Waals surface area contributed by atoms with Crippen molar-refractivity contribution in [2.75, 3.05) is 26.8 Å². The van der Waals surface area contributed by atoms with E-state index in [0.717, 1.165) is 25.5 Å². The summed E-state index contributed by atoms with van der Waals surface area (Å²) >= 11 is 0. The molecule has 0 aromatic rings. The molecule has 0 aromatic heterocycles. The molecule has 0 amide bonds. The van der Waals surface area contributed by atoms with E-state index in [0.29, 0.717) is 6.61 Å². The van der Waals surface area contributed by atoms with Gasteiger partial charge in [0.2, 0.25) is 0 Å². The second-order valence-electron chi connectivity index (χ2n) is 4.73. The van der Waals surface area contributed by atoms with E-state index < -0.39 is 0 Å². The second-order valence-corrected chi connectivity index (χ2v) is 4.73. The minimum Gasteiger partial charge on any atom is -0.391 e. The van der Waals surface area contributed by atoms with Gasteiger partial charge in [0.25, 0.3) is 0 Å². The van der Waals surface area contributed by atoms with Gasteiger partial charge in [-0.05, 0) is 32.2 Å². The lowest BCUT2D eigenvalue weighted by Crippen LogP contribution is -2.49. The van der Waals surface area contributed by atoms with Crippen molar-refractivity contribution >= 4 is 0 Å². The zero-order chi connectivity index (χ0) is 9.97. The Morgan fingerprint density at radius 2 is 2.14 bits per heavy atom. The van der Waals surface area contributed by atoms with Crippen LogP contribution in [0.4, 0.5) is 0 Å². The molecular formula is C11H21NO2. The van der Waals surface area contributed by atoms with Gasteiger partial charge in [0, 0.05) is 13.2 Å². The number of nitrogens with zero attached hydrogens (tertiary/aromatic N) is 1. The average Bonchev–Trinajstić information content (AvgIpc) is 2.12. The monoisotopic (exact) mass is 199 g/mol. The van der Waals surface area contributed by atoms with Crippen LogP contribution in [-0.4, -0.2) is 49.0 Å². The van der Waals surface area contributed by atoms with Gasteiger partial charge >= 0.3 is 0 Å². The highest BCUT2D eigenvalue weighted by molar-refractivity contribution is 4.83. The molecule has 1 saturated heterocycles. The lowest BCUT2D eigenvalue weighted by molar-refractivity contribution is -0.0596. The number of hydrogen-bond donors (Lipinski definition) is 1. The van der Waals surface area contributed by atoms with Gasteiger partial charge < -0.3 is 9.84 Å². The van der Waals surface area contributed by atoms with Gasteiger partial charge in [-0.2, -0.15) is 0 Å². The number of rotatable bonds is 3. The van der Waals surface area contributed by atoms with E-state index in [2.05, 4.69) is 11.9 Å². The normalized spacial score (nSPS) is 34.5. The number of aliphatic hydroxyl groups excluding tert-OH is 1. The summed E-state index contributed by atoms with van der Waals surface area (Å²) < 4.78 is 5.41. The van der Waals surface area contributed by atoms with Crippen LogP contribution in [-0.2, 0) is 4.74 Å². The van der Waals surface area contributed by atoms with E-state index in [1.165, 1.54) is 19.3 Å². The maximum absolute atomic E-state index is 9.82. The Kier molecular flexibility index (Phi) is 3.42. The van der Waals surface area contributed by atoms with Crippen molar-refractivity contribution in [1.29, 1.82) is 0 Å². The van der Waals surface area contributed by atoms with Crippen molar-refractivity contribution in [3.63, 3.8) is 0 Å². The highest BCUT2D eigenvalue weighted by Gasteiger charge is 2.29. The van der Waals surface area contributed by atoms with Crippen molar-refractivity contribution in [2.45, 2.75) is 37.8 Å². The molecule has 2 rings (SSSR count). The maximum Gasteiger partial charge on any atom is 0.0739 e. The van der Waals surface area contributed by atoms with Gasteiger partial charge in [0.1, 0.15) is 0 Å². The van der Waals surface area contributed by atoms with E-state index >= 15 is 0 Å². The molecule has 14 heavy (non-hydrogen) atoms. The molecule has 1 saturated carbocycles. The largest absolute Gasteiger partial charge is 0.391 e. The first-order valence-electron chi connectivity index (χ1n) is 5.73. The predicted octanol–water partition coefficient (Wildman–Crippen LogP) is 0.868. The SMILES string of the molecule is CN(CC1CCC1)C1COCCC1O. The van der Waals surface area contributed by atoms with E-state index in [9.17, 15) is 5.11 Å². The fourth-order valence-corrected chi connectivity index (χ4v) is 2.35. The highest BCUT2D eigenvalue weighted by atomic mass is 16.5. The molecule has 3 heteroatoms. The maximum atomic E-state index is 9.82. The summed E-state index contributed by atoms with van der Waals surface area (Å²) in [6, 6.07) is 0.226. The summed E-state index contributed by atoms with van der Waals surface area (Å²) in [5.74, 6) is 0.870. The molecule has 3 nitrogen and oxygen atoms in total. The Morgan fingerprint density at radius 3 is 2.71 bits per heavy atom. The Morgan fingerprint density at radius 1 is 1.36 bits per heavy atom. The molecule has 0 bridgehead atoms. The smallest absolute Gasteiger partial charge is 0.0739 e. The predicted molar refractivity (Wildman–Crippen MR) is 55.2 cm³/mol. The van der Waals surface area contributed by atoms with Crippen LogP contribution in [0.5, 0.6) is 0 Å². The molecule has 1 aliphatic heterocycles. The van der Waals surface area contributed by atoms with Crippen LogP contribution in [0.2, 0.25) is 0 Å². The summed E-state index contributed by atoms with van der Waals surface area (Å²) in [7, 11) is 2.11. The number of aliphatic hydroxyl groups is 1. The van der Waals surface area contributed by atoms with Crippen molar-refractivity contribution in [1.82, 2.24) is 4.90 Å². The molecule has 0 radical (unpaired) electrons. The summed E-state index contributed by atoms with van der Waals surface area (Å²) in [4.78, 5) is 2.29. The summed E-state index contributed by atoms with van der Waals surface area (Å²) in [5, 5.41) is 9.82. The van der Waals surface area contributed by atoms with Crippen molar-refractivity contribution in [3.05, 3.63) is 0 Å². The Balaban J connectivity index is 1.79. The fourth-order valence-electron chi connectivity index (χ4n) is 2.35. The van der Waals surface area contributed by atoms with E-state index in [1.807, 2.05) is 0 Å². The van der Waals surface area contributed by atoms with E-state index in [1.54, 1.807) is 0 Å². The molecular weight excluding hydrogens is 178 g/mol.